The van der Waals surface area contributed by atoms with Crippen molar-refractivity contribution in [3.8, 4) is 0 Å². The monoisotopic (exact) mass is 282 g/mol. The maximum absolute atomic E-state index is 12.3. The van der Waals surface area contributed by atoms with E-state index >= 15 is 0 Å². The second kappa shape index (κ2) is 4.94. The van der Waals surface area contributed by atoms with E-state index < -0.39 is 5.76 Å². The maximum Gasteiger partial charge on any atom is 0.417 e. The zero-order chi connectivity index (χ0) is 15.0. The molecule has 106 valence electrons. The summed E-state index contributed by atoms with van der Waals surface area (Å²) < 4.78 is 4.96. The quantitative estimate of drug-likeness (QED) is 0.758. The van der Waals surface area contributed by atoms with Gasteiger partial charge in [-0.15, -0.1) is 0 Å². The fourth-order valence-corrected chi connectivity index (χ4v) is 2.15. The number of oxazole rings is 1. The minimum Gasteiger partial charge on any atom is -0.408 e. The summed E-state index contributed by atoms with van der Waals surface area (Å²) in [6.07, 6.45) is 0. The molecule has 0 saturated carbocycles. The third-order valence-electron chi connectivity index (χ3n) is 3.32. The van der Waals surface area contributed by atoms with Gasteiger partial charge in [0.1, 0.15) is 0 Å². The number of anilines is 1. The van der Waals surface area contributed by atoms with Crippen LogP contribution in [0.15, 0.2) is 45.6 Å². The smallest absolute Gasteiger partial charge is 0.408 e. The third-order valence-corrected chi connectivity index (χ3v) is 3.32. The zero-order valence-electron chi connectivity index (χ0n) is 11.7. The average molecular weight is 282 g/mol. The van der Waals surface area contributed by atoms with Crippen molar-refractivity contribution in [2.75, 3.05) is 5.32 Å². The number of H-pyrrole nitrogens is 1. The molecule has 0 fully saturated rings. The van der Waals surface area contributed by atoms with Crippen LogP contribution in [0, 0.1) is 13.8 Å². The average Bonchev–Trinajstić information content (AvgIpc) is 2.81. The minimum atomic E-state index is -0.530. The highest BCUT2D eigenvalue weighted by atomic mass is 16.4. The third kappa shape index (κ3) is 2.58. The van der Waals surface area contributed by atoms with Gasteiger partial charge in [0, 0.05) is 11.3 Å². The Labute approximate surface area is 120 Å². The molecule has 0 spiro atoms. The summed E-state index contributed by atoms with van der Waals surface area (Å²) in [4.78, 5) is 25.9. The van der Waals surface area contributed by atoms with Gasteiger partial charge in [-0.3, -0.25) is 9.78 Å². The molecule has 0 radical (unpaired) electrons. The van der Waals surface area contributed by atoms with E-state index in [-0.39, 0.29) is 5.91 Å². The Morgan fingerprint density at radius 3 is 2.76 bits per heavy atom. The fourth-order valence-electron chi connectivity index (χ4n) is 2.15. The number of carbonyl (C=O) groups is 1. The topological polar surface area (TPSA) is 75.1 Å². The van der Waals surface area contributed by atoms with Crippen LogP contribution >= 0.6 is 0 Å². The Bertz CT molecular complexity index is 890. The first-order valence-electron chi connectivity index (χ1n) is 6.54. The molecule has 0 bridgehead atoms. The van der Waals surface area contributed by atoms with Crippen molar-refractivity contribution in [1.82, 2.24) is 4.98 Å². The van der Waals surface area contributed by atoms with Gasteiger partial charge >= 0.3 is 5.76 Å². The lowest BCUT2D eigenvalue weighted by molar-refractivity contribution is 0.102. The van der Waals surface area contributed by atoms with Crippen LogP contribution in [-0.2, 0) is 0 Å². The van der Waals surface area contributed by atoms with E-state index in [0.29, 0.717) is 16.7 Å². The van der Waals surface area contributed by atoms with Gasteiger partial charge in [-0.25, -0.2) is 4.79 Å². The van der Waals surface area contributed by atoms with Gasteiger partial charge in [-0.2, -0.15) is 0 Å². The van der Waals surface area contributed by atoms with Crippen molar-refractivity contribution in [1.29, 1.82) is 0 Å². The fraction of sp³-hybridized carbons (Fsp3) is 0.125. The van der Waals surface area contributed by atoms with Gasteiger partial charge in [0.2, 0.25) is 0 Å². The lowest BCUT2D eigenvalue weighted by Gasteiger charge is -2.09. The van der Waals surface area contributed by atoms with Crippen molar-refractivity contribution in [3.63, 3.8) is 0 Å². The first kappa shape index (κ1) is 13.2. The summed E-state index contributed by atoms with van der Waals surface area (Å²) in [6.45, 7) is 3.90. The summed E-state index contributed by atoms with van der Waals surface area (Å²) >= 11 is 0. The number of benzene rings is 2. The molecule has 0 unspecified atom stereocenters. The highest BCUT2D eigenvalue weighted by Crippen LogP contribution is 2.18. The second-order valence-electron chi connectivity index (χ2n) is 5.00. The Kier molecular flexibility index (Phi) is 3.10. The first-order valence-corrected chi connectivity index (χ1v) is 6.54. The van der Waals surface area contributed by atoms with Gasteiger partial charge < -0.3 is 9.73 Å². The van der Waals surface area contributed by atoms with Crippen molar-refractivity contribution in [2.24, 2.45) is 0 Å². The number of amides is 1. The molecule has 1 heterocycles. The van der Waals surface area contributed by atoms with Crippen molar-refractivity contribution >= 4 is 22.7 Å². The van der Waals surface area contributed by atoms with Gasteiger partial charge in [0.15, 0.2) is 5.58 Å². The molecule has 5 heteroatoms. The molecule has 5 nitrogen and oxygen atoms in total. The lowest BCUT2D eigenvalue weighted by Crippen LogP contribution is -2.12. The Morgan fingerprint density at radius 1 is 1.14 bits per heavy atom. The van der Waals surface area contributed by atoms with Crippen LogP contribution in [0.2, 0.25) is 0 Å². The summed E-state index contributed by atoms with van der Waals surface area (Å²) in [5, 5.41) is 2.87. The normalized spacial score (nSPS) is 10.8. The number of aryl methyl sites for hydroxylation is 2. The van der Waals surface area contributed by atoms with Crippen LogP contribution in [0.3, 0.4) is 0 Å². The first-order chi connectivity index (χ1) is 10.0. The number of carbonyl (C=O) groups excluding carboxylic acids is 1. The van der Waals surface area contributed by atoms with E-state index in [1.165, 1.54) is 0 Å². The maximum atomic E-state index is 12.3. The van der Waals surface area contributed by atoms with E-state index in [2.05, 4.69) is 10.3 Å². The van der Waals surface area contributed by atoms with E-state index in [1.807, 2.05) is 32.0 Å². The lowest BCUT2D eigenvalue weighted by atomic mass is 10.1. The standard InChI is InChI=1S/C16H14N2O3/c1-9-3-4-10(2)13(7-9)17-15(19)11-5-6-12-14(8-11)21-16(20)18-12/h3-8H,1-2H3,(H,17,19)(H,18,20). The summed E-state index contributed by atoms with van der Waals surface area (Å²) in [5.74, 6) is -0.772. The number of fused-ring (bicyclic) bond motifs is 1. The van der Waals surface area contributed by atoms with Crippen LogP contribution in [0.1, 0.15) is 21.5 Å². The number of rotatable bonds is 2. The minimum absolute atomic E-state index is 0.241. The SMILES string of the molecule is Cc1ccc(C)c(NC(=O)c2ccc3[nH]c(=O)oc3c2)c1. The van der Waals surface area contributed by atoms with Crippen molar-refractivity contribution < 1.29 is 9.21 Å². The van der Waals surface area contributed by atoms with Crippen molar-refractivity contribution in [3.05, 3.63) is 63.6 Å². The Morgan fingerprint density at radius 2 is 1.95 bits per heavy atom. The van der Waals surface area contributed by atoms with Crippen molar-refractivity contribution in [2.45, 2.75) is 13.8 Å². The van der Waals surface area contributed by atoms with Crippen LogP contribution < -0.4 is 11.1 Å². The molecule has 3 rings (SSSR count). The number of hydrogen-bond acceptors (Lipinski definition) is 3. The van der Waals surface area contributed by atoms with E-state index in [0.717, 1.165) is 16.8 Å². The molecular formula is C16H14N2O3. The zero-order valence-corrected chi connectivity index (χ0v) is 11.7. The predicted molar refractivity (Wildman–Crippen MR) is 80.7 cm³/mol. The van der Waals surface area contributed by atoms with Gasteiger partial charge in [0.25, 0.3) is 5.91 Å². The van der Waals surface area contributed by atoms with Crippen LogP contribution in [-0.4, -0.2) is 10.9 Å². The highest BCUT2D eigenvalue weighted by molar-refractivity contribution is 6.06. The molecule has 0 atom stereocenters. The largest absolute Gasteiger partial charge is 0.417 e. The predicted octanol–water partition coefficient (Wildman–Crippen LogP) is 2.99. The molecule has 3 aromatic rings. The van der Waals surface area contributed by atoms with Crippen LogP contribution in [0.4, 0.5) is 5.69 Å². The van der Waals surface area contributed by atoms with Gasteiger partial charge in [-0.1, -0.05) is 12.1 Å². The molecule has 2 N–H and O–H groups in total. The highest BCUT2D eigenvalue weighted by Gasteiger charge is 2.10. The number of aromatic nitrogens is 1. The summed E-state index contributed by atoms with van der Waals surface area (Å²) in [5.41, 5.74) is 4.21. The number of nitrogens with one attached hydrogen (secondary N) is 2. The summed E-state index contributed by atoms with van der Waals surface area (Å²) in [6, 6.07) is 10.7. The Balaban J connectivity index is 1.92. The van der Waals surface area contributed by atoms with Gasteiger partial charge in [0.05, 0.1) is 5.52 Å². The Hall–Kier alpha value is -2.82. The molecule has 2 aromatic carbocycles. The molecule has 1 amide bonds. The molecule has 0 aliphatic carbocycles. The summed E-state index contributed by atoms with van der Waals surface area (Å²) in [7, 11) is 0. The van der Waals surface area contributed by atoms with E-state index in [9.17, 15) is 9.59 Å². The van der Waals surface area contributed by atoms with Crippen LogP contribution in [0.25, 0.3) is 11.1 Å². The molecular weight excluding hydrogens is 268 g/mol. The van der Waals surface area contributed by atoms with Crippen LogP contribution in [0.5, 0.6) is 0 Å². The second-order valence-corrected chi connectivity index (χ2v) is 5.00. The van der Waals surface area contributed by atoms with E-state index in [1.54, 1.807) is 18.2 Å². The molecule has 0 aliphatic rings. The number of hydrogen-bond donors (Lipinski definition) is 2. The van der Waals surface area contributed by atoms with E-state index in [4.69, 9.17) is 4.42 Å². The van der Waals surface area contributed by atoms with Gasteiger partial charge in [-0.05, 0) is 49.2 Å². The number of aromatic amines is 1. The molecule has 21 heavy (non-hydrogen) atoms. The molecule has 1 aromatic heterocycles. The molecule has 0 aliphatic heterocycles. The molecule has 0 saturated heterocycles.